The molecule has 0 fully saturated rings. The molecule has 2 amide bonds. The second-order valence-electron chi connectivity index (χ2n) is 6.40. The quantitative estimate of drug-likeness (QED) is 0.515. The van der Waals surface area contributed by atoms with Gasteiger partial charge in [0, 0.05) is 17.1 Å². The molecule has 0 saturated carbocycles. The first-order chi connectivity index (χ1) is 13.1. The smallest absolute Gasteiger partial charge is 0.336 e. The maximum absolute atomic E-state index is 12.4. The minimum atomic E-state index is -0.398. The fourth-order valence-electron chi connectivity index (χ4n) is 3.22. The van der Waals surface area contributed by atoms with Gasteiger partial charge in [0.2, 0.25) is 0 Å². The molecule has 4 rings (SSSR count). The molecule has 1 aromatic heterocycles. The van der Waals surface area contributed by atoms with E-state index in [1.807, 2.05) is 31.2 Å². The predicted molar refractivity (Wildman–Crippen MR) is 107 cm³/mol. The first kappa shape index (κ1) is 16.8. The molecule has 27 heavy (non-hydrogen) atoms. The number of hydrogen-bond acceptors (Lipinski definition) is 3. The molecule has 3 aromatic carbocycles. The number of amides is 2. The Labute approximate surface area is 155 Å². The molecule has 0 radical (unpaired) electrons. The van der Waals surface area contributed by atoms with Gasteiger partial charge in [-0.1, -0.05) is 42.5 Å². The highest BCUT2D eigenvalue weighted by molar-refractivity contribution is 5.93. The number of rotatable bonds is 3. The van der Waals surface area contributed by atoms with Gasteiger partial charge in [0.1, 0.15) is 5.58 Å². The highest BCUT2D eigenvalue weighted by Gasteiger charge is 2.12. The molecule has 0 aliphatic heterocycles. The Kier molecular flexibility index (Phi) is 4.34. The van der Waals surface area contributed by atoms with Crippen molar-refractivity contribution >= 4 is 33.5 Å². The van der Waals surface area contributed by atoms with Crippen molar-refractivity contribution in [3.8, 4) is 0 Å². The summed E-state index contributed by atoms with van der Waals surface area (Å²) in [5.74, 6) is 0. The maximum Gasteiger partial charge on any atom is 0.336 e. The van der Waals surface area contributed by atoms with Crippen LogP contribution in [0.4, 0.5) is 10.5 Å². The molecule has 4 aromatic rings. The van der Waals surface area contributed by atoms with Crippen molar-refractivity contribution in [2.24, 2.45) is 0 Å². The van der Waals surface area contributed by atoms with Crippen LogP contribution in [0.1, 0.15) is 18.5 Å². The topological polar surface area (TPSA) is 71.3 Å². The minimum Gasteiger partial charge on any atom is -0.423 e. The average Bonchev–Trinajstić information content (AvgIpc) is 2.67. The summed E-state index contributed by atoms with van der Waals surface area (Å²) < 4.78 is 5.10. The maximum atomic E-state index is 12.4. The van der Waals surface area contributed by atoms with Crippen LogP contribution >= 0.6 is 0 Å². The second-order valence-corrected chi connectivity index (χ2v) is 6.40. The molecule has 0 saturated heterocycles. The van der Waals surface area contributed by atoms with Crippen molar-refractivity contribution in [2.75, 3.05) is 5.32 Å². The molecule has 0 aliphatic carbocycles. The summed E-state index contributed by atoms with van der Waals surface area (Å²) in [6.45, 7) is 1.95. The summed E-state index contributed by atoms with van der Waals surface area (Å²) in [4.78, 5) is 23.7. The van der Waals surface area contributed by atoms with E-state index in [1.165, 1.54) is 6.07 Å². The van der Waals surface area contributed by atoms with E-state index >= 15 is 0 Å². The molecule has 0 spiro atoms. The molecule has 1 atom stereocenters. The number of carbonyl (C=O) groups excluding carboxylic acids is 1. The lowest BCUT2D eigenvalue weighted by atomic mass is 10.00. The molecule has 134 valence electrons. The van der Waals surface area contributed by atoms with Crippen LogP contribution in [0.5, 0.6) is 0 Å². The lowest BCUT2D eigenvalue weighted by molar-refractivity contribution is 0.249. The van der Waals surface area contributed by atoms with Crippen molar-refractivity contribution < 1.29 is 9.21 Å². The van der Waals surface area contributed by atoms with Crippen molar-refractivity contribution in [1.82, 2.24) is 5.32 Å². The van der Waals surface area contributed by atoms with Crippen LogP contribution in [-0.2, 0) is 0 Å². The van der Waals surface area contributed by atoms with Gasteiger partial charge in [-0.25, -0.2) is 9.59 Å². The van der Waals surface area contributed by atoms with Gasteiger partial charge in [0.15, 0.2) is 0 Å². The van der Waals surface area contributed by atoms with Crippen LogP contribution in [0.15, 0.2) is 82.0 Å². The monoisotopic (exact) mass is 358 g/mol. The standard InChI is InChI=1S/C22H18N2O3/c1-14(18-8-4-6-15-5-2-3-7-19(15)18)23-22(26)24-17-10-11-20-16(13-17)9-12-21(25)27-20/h2-14H,1H3,(H2,23,24,26)/t14-/m1/s1. The Hall–Kier alpha value is -3.60. The van der Waals surface area contributed by atoms with Crippen molar-refractivity contribution in [3.05, 3.63) is 88.8 Å². The summed E-state index contributed by atoms with van der Waals surface area (Å²) in [6.07, 6.45) is 0. The van der Waals surface area contributed by atoms with E-state index < -0.39 is 5.63 Å². The third-order valence-electron chi connectivity index (χ3n) is 4.51. The van der Waals surface area contributed by atoms with Crippen molar-refractivity contribution in [1.29, 1.82) is 0 Å². The van der Waals surface area contributed by atoms with Crippen LogP contribution in [-0.4, -0.2) is 6.03 Å². The van der Waals surface area contributed by atoms with E-state index in [-0.39, 0.29) is 12.1 Å². The lowest BCUT2D eigenvalue weighted by Gasteiger charge is -2.17. The SMILES string of the molecule is C[C@@H](NC(=O)Nc1ccc2oc(=O)ccc2c1)c1cccc2ccccc12. The summed E-state index contributed by atoms with van der Waals surface area (Å²) in [5.41, 5.74) is 1.77. The van der Waals surface area contributed by atoms with E-state index in [4.69, 9.17) is 4.42 Å². The van der Waals surface area contributed by atoms with E-state index in [2.05, 4.69) is 28.8 Å². The number of fused-ring (bicyclic) bond motifs is 2. The lowest BCUT2D eigenvalue weighted by Crippen LogP contribution is -2.31. The Morgan fingerprint density at radius 1 is 0.926 bits per heavy atom. The van der Waals surface area contributed by atoms with Gasteiger partial charge in [-0.2, -0.15) is 0 Å². The Morgan fingerprint density at radius 2 is 1.74 bits per heavy atom. The van der Waals surface area contributed by atoms with Crippen LogP contribution in [0.3, 0.4) is 0 Å². The van der Waals surface area contributed by atoms with Gasteiger partial charge in [-0.15, -0.1) is 0 Å². The van der Waals surface area contributed by atoms with Gasteiger partial charge in [0.05, 0.1) is 6.04 Å². The Morgan fingerprint density at radius 3 is 2.63 bits per heavy atom. The van der Waals surface area contributed by atoms with E-state index in [9.17, 15) is 9.59 Å². The zero-order valence-electron chi connectivity index (χ0n) is 14.7. The van der Waals surface area contributed by atoms with Crippen LogP contribution < -0.4 is 16.3 Å². The summed E-state index contributed by atoms with van der Waals surface area (Å²) in [6, 6.07) is 21.9. The molecule has 0 unspecified atom stereocenters. The fraction of sp³-hybridized carbons (Fsp3) is 0.0909. The van der Waals surface area contributed by atoms with Crippen molar-refractivity contribution in [3.63, 3.8) is 0 Å². The highest BCUT2D eigenvalue weighted by atomic mass is 16.4. The molecule has 1 heterocycles. The van der Waals surface area contributed by atoms with Gasteiger partial charge in [-0.3, -0.25) is 0 Å². The zero-order valence-corrected chi connectivity index (χ0v) is 14.7. The predicted octanol–water partition coefficient (Wildman–Crippen LogP) is 4.83. The largest absolute Gasteiger partial charge is 0.423 e. The Bertz CT molecular complexity index is 1190. The molecule has 5 heteroatoms. The summed E-state index contributed by atoms with van der Waals surface area (Å²) in [5, 5.41) is 8.80. The molecule has 2 N–H and O–H groups in total. The molecule has 5 nitrogen and oxygen atoms in total. The zero-order chi connectivity index (χ0) is 18.8. The van der Waals surface area contributed by atoms with Gasteiger partial charge >= 0.3 is 11.7 Å². The van der Waals surface area contributed by atoms with Crippen molar-refractivity contribution in [2.45, 2.75) is 13.0 Å². The second kappa shape index (κ2) is 6.96. The summed E-state index contributed by atoms with van der Waals surface area (Å²) >= 11 is 0. The number of hydrogen-bond donors (Lipinski definition) is 2. The molecule has 0 bridgehead atoms. The third kappa shape index (κ3) is 3.53. The highest BCUT2D eigenvalue weighted by Crippen LogP contribution is 2.24. The third-order valence-corrected chi connectivity index (χ3v) is 4.51. The fourth-order valence-corrected chi connectivity index (χ4v) is 3.22. The average molecular weight is 358 g/mol. The normalized spacial score (nSPS) is 12.0. The van der Waals surface area contributed by atoms with Crippen LogP contribution in [0, 0.1) is 0 Å². The van der Waals surface area contributed by atoms with E-state index in [1.54, 1.807) is 24.3 Å². The number of carbonyl (C=O) groups is 1. The van der Waals surface area contributed by atoms with E-state index in [0.717, 1.165) is 21.7 Å². The van der Waals surface area contributed by atoms with Gasteiger partial charge < -0.3 is 15.1 Å². The first-order valence-electron chi connectivity index (χ1n) is 8.69. The Balaban J connectivity index is 1.52. The van der Waals surface area contributed by atoms with Crippen LogP contribution in [0.25, 0.3) is 21.7 Å². The number of benzene rings is 3. The first-order valence-corrected chi connectivity index (χ1v) is 8.69. The molecule has 0 aliphatic rings. The number of anilines is 1. The number of nitrogens with one attached hydrogen (secondary N) is 2. The number of urea groups is 1. The van der Waals surface area contributed by atoms with Crippen LogP contribution in [0.2, 0.25) is 0 Å². The molecular weight excluding hydrogens is 340 g/mol. The van der Waals surface area contributed by atoms with Gasteiger partial charge in [-0.05, 0) is 47.5 Å². The minimum absolute atomic E-state index is 0.158. The van der Waals surface area contributed by atoms with Gasteiger partial charge in [0.25, 0.3) is 0 Å². The molecular formula is C22H18N2O3. The van der Waals surface area contributed by atoms with E-state index in [0.29, 0.717) is 11.3 Å². The summed E-state index contributed by atoms with van der Waals surface area (Å²) in [7, 11) is 0.